The summed E-state index contributed by atoms with van der Waals surface area (Å²) in [5.74, 6) is 0.638. The topological polar surface area (TPSA) is 58.4 Å². The van der Waals surface area contributed by atoms with Crippen LogP contribution in [-0.2, 0) is 4.79 Å². The zero-order valence-corrected chi connectivity index (χ0v) is 12.9. The van der Waals surface area contributed by atoms with Crippen LogP contribution in [0.25, 0.3) is 0 Å². The Hall–Kier alpha value is -1.26. The first-order valence-electron chi connectivity index (χ1n) is 7.00. The minimum absolute atomic E-state index is 0.00678. The van der Waals surface area contributed by atoms with E-state index in [1.165, 1.54) is 0 Å². The molecule has 2 rings (SSSR count). The van der Waals surface area contributed by atoms with E-state index in [1.807, 2.05) is 6.92 Å². The monoisotopic (exact) mass is 295 g/mol. The molecule has 1 fully saturated rings. The Morgan fingerprint density at radius 2 is 2.20 bits per heavy atom. The van der Waals surface area contributed by atoms with Crippen molar-refractivity contribution in [1.29, 1.82) is 0 Å². The highest BCUT2D eigenvalue weighted by Crippen LogP contribution is 2.26. The van der Waals surface area contributed by atoms with E-state index in [-0.39, 0.29) is 11.9 Å². The fourth-order valence-electron chi connectivity index (χ4n) is 2.89. The maximum Gasteiger partial charge on any atom is 0.241 e. The second kappa shape index (κ2) is 6.02. The van der Waals surface area contributed by atoms with Crippen molar-refractivity contribution in [3.05, 3.63) is 23.2 Å². The molecule has 0 bridgehead atoms. The normalized spacial score (nSPS) is 24.6. The van der Waals surface area contributed by atoms with Gasteiger partial charge in [-0.05, 0) is 44.4 Å². The van der Waals surface area contributed by atoms with E-state index in [9.17, 15) is 4.79 Å². The molecule has 3 atom stereocenters. The van der Waals surface area contributed by atoms with E-state index < -0.39 is 0 Å². The maximum absolute atomic E-state index is 12.3. The van der Waals surface area contributed by atoms with Crippen LogP contribution in [0.3, 0.4) is 0 Å². The van der Waals surface area contributed by atoms with Crippen molar-refractivity contribution in [1.82, 2.24) is 4.90 Å². The standard InChI is InChI=1S/C15H22ClN3O/c1-9-6-10(2)19(8-9)11(3)15(20)18-12-4-5-13(16)14(17)7-12/h4-5,7,9-11H,6,8,17H2,1-3H3,(H,18,20). The first-order chi connectivity index (χ1) is 9.38. The van der Waals surface area contributed by atoms with Gasteiger partial charge in [-0.15, -0.1) is 0 Å². The van der Waals surface area contributed by atoms with Crippen LogP contribution < -0.4 is 11.1 Å². The van der Waals surface area contributed by atoms with Gasteiger partial charge in [-0.1, -0.05) is 18.5 Å². The lowest BCUT2D eigenvalue weighted by atomic mass is 10.1. The molecule has 4 nitrogen and oxygen atoms in total. The summed E-state index contributed by atoms with van der Waals surface area (Å²) < 4.78 is 0. The first kappa shape index (κ1) is 15.1. The number of halogens is 1. The van der Waals surface area contributed by atoms with Gasteiger partial charge >= 0.3 is 0 Å². The Bertz CT molecular complexity index is 506. The quantitative estimate of drug-likeness (QED) is 0.843. The smallest absolute Gasteiger partial charge is 0.241 e. The fourth-order valence-corrected chi connectivity index (χ4v) is 3.01. The van der Waals surface area contributed by atoms with Gasteiger partial charge in [-0.3, -0.25) is 9.69 Å². The Morgan fingerprint density at radius 3 is 2.75 bits per heavy atom. The van der Waals surface area contributed by atoms with Gasteiger partial charge in [-0.25, -0.2) is 0 Å². The summed E-state index contributed by atoms with van der Waals surface area (Å²) in [5.41, 5.74) is 6.90. The minimum atomic E-state index is -0.146. The number of hydrogen-bond acceptors (Lipinski definition) is 3. The van der Waals surface area contributed by atoms with Gasteiger partial charge in [0.25, 0.3) is 0 Å². The molecule has 1 saturated heterocycles. The summed E-state index contributed by atoms with van der Waals surface area (Å²) in [5, 5.41) is 3.40. The van der Waals surface area contributed by atoms with Gasteiger partial charge in [0.15, 0.2) is 0 Å². The van der Waals surface area contributed by atoms with Gasteiger partial charge in [-0.2, -0.15) is 0 Å². The molecule has 1 aliphatic rings. The summed E-state index contributed by atoms with van der Waals surface area (Å²) in [4.78, 5) is 14.6. The van der Waals surface area contributed by atoms with Gasteiger partial charge in [0, 0.05) is 18.3 Å². The van der Waals surface area contributed by atoms with Crippen LogP contribution in [0.15, 0.2) is 18.2 Å². The van der Waals surface area contributed by atoms with E-state index in [2.05, 4.69) is 24.1 Å². The van der Waals surface area contributed by atoms with Crippen molar-refractivity contribution in [2.75, 3.05) is 17.6 Å². The second-order valence-corrected chi connectivity index (χ2v) is 6.20. The number of nitrogen functional groups attached to an aromatic ring is 1. The lowest BCUT2D eigenvalue weighted by molar-refractivity contribution is -0.121. The predicted octanol–water partition coefficient (Wildman–Crippen LogP) is 2.98. The van der Waals surface area contributed by atoms with Crippen LogP contribution in [0.4, 0.5) is 11.4 Å². The molecular formula is C15H22ClN3O. The number of likely N-dealkylation sites (tertiary alicyclic amines) is 1. The SMILES string of the molecule is CC1CC(C)N(C(C)C(=O)Nc2ccc(Cl)c(N)c2)C1. The fraction of sp³-hybridized carbons (Fsp3) is 0.533. The number of hydrogen-bond donors (Lipinski definition) is 2. The Kier molecular flexibility index (Phi) is 4.55. The van der Waals surface area contributed by atoms with E-state index in [0.29, 0.717) is 28.4 Å². The number of anilines is 2. The number of amides is 1. The molecular weight excluding hydrogens is 274 g/mol. The molecule has 1 heterocycles. The van der Waals surface area contributed by atoms with Crippen LogP contribution in [0.2, 0.25) is 5.02 Å². The Labute approximate surface area is 125 Å². The van der Waals surface area contributed by atoms with Gasteiger partial charge in [0.05, 0.1) is 16.8 Å². The highest BCUT2D eigenvalue weighted by atomic mass is 35.5. The highest BCUT2D eigenvalue weighted by molar-refractivity contribution is 6.33. The zero-order chi connectivity index (χ0) is 14.9. The highest BCUT2D eigenvalue weighted by Gasteiger charge is 2.32. The molecule has 110 valence electrons. The molecule has 3 unspecified atom stereocenters. The summed E-state index contributed by atoms with van der Waals surface area (Å²) in [7, 11) is 0. The minimum Gasteiger partial charge on any atom is -0.397 e. The van der Waals surface area contributed by atoms with Crippen LogP contribution in [0, 0.1) is 5.92 Å². The lowest BCUT2D eigenvalue weighted by Crippen LogP contribution is -2.43. The third kappa shape index (κ3) is 3.25. The molecule has 0 spiro atoms. The van der Waals surface area contributed by atoms with Crippen LogP contribution >= 0.6 is 11.6 Å². The van der Waals surface area contributed by atoms with Crippen LogP contribution in [0.1, 0.15) is 27.2 Å². The van der Waals surface area contributed by atoms with Crippen molar-refractivity contribution in [2.45, 2.75) is 39.3 Å². The number of carbonyl (C=O) groups excluding carboxylic acids is 1. The zero-order valence-electron chi connectivity index (χ0n) is 12.2. The number of rotatable bonds is 3. The molecule has 0 aliphatic carbocycles. The van der Waals surface area contributed by atoms with Crippen molar-refractivity contribution in [3.63, 3.8) is 0 Å². The van der Waals surface area contributed by atoms with Gasteiger partial charge < -0.3 is 11.1 Å². The van der Waals surface area contributed by atoms with Crippen molar-refractivity contribution >= 4 is 28.9 Å². The van der Waals surface area contributed by atoms with E-state index >= 15 is 0 Å². The third-order valence-corrected chi connectivity index (χ3v) is 4.32. The van der Waals surface area contributed by atoms with Gasteiger partial charge in [0.1, 0.15) is 0 Å². The average molecular weight is 296 g/mol. The molecule has 1 aliphatic heterocycles. The molecule has 3 N–H and O–H groups in total. The molecule has 5 heteroatoms. The molecule has 1 aromatic carbocycles. The summed E-state index contributed by atoms with van der Waals surface area (Å²) in [6.45, 7) is 7.32. The van der Waals surface area contributed by atoms with E-state index in [4.69, 9.17) is 17.3 Å². The summed E-state index contributed by atoms with van der Waals surface area (Å²) in [6, 6.07) is 5.44. The van der Waals surface area contributed by atoms with Gasteiger partial charge in [0.2, 0.25) is 5.91 Å². The molecule has 1 aromatic rings. The van der Waals surface area contributed by atoms with Crippen molar-refractivity contribution < 1.29 is 4.79 Å². The number of nitrogens with zero attached hydrogens (tertiary/aromatic N) is 1. The number of nitrogens with two attached hydrogens (primary N) is 1. The van der Waals surface area contributed by atoms with Crippen molar-refractivity contribution in [3.8, 4) is 0 Å². The maximum atomic E-state index is 12.3. The largest absolute Gasteiger partial charge is 0.397 e. The number of carbonyl (C=O) groups is 1. The predicted molar refractivity (Wildman–Crippen MR) is 83.9 cm³/mol. The van der Waals surface area contributed by atoms with E-state index in [0.717, 1.165) is 13.0 Å². The molecule has 1 amide bonds. The van der Waals surface area contributed by atoms with Crippen LogP contribution in [0.5, 0.6) is 0 Å². The lowest BCUT2D eigenvalue weighted by Gasteiger charge is -2.27. The second-order valence-electron chi connectivity index (χ2n) is 5.79. The Morgan fingerprint density at radius 1 is 1.50 bits per heavy atom. The van der Waals surface area contributed by atoms with E-state index in [1.54, 1.807) is 18.2 Å². The number of nitrogens with one attached hydrogen (secondary N) is 1. The average Bonchev–Trinajstić information content (AvgIpc) is 2.72. The molecule has 20 heavy (non-hydrogen) atoms. The molecule has 0 aromatic heterocycles. The Balaban J connectivity index is 2.02. The molecule has 0 saturated carbocycles. The molecule has 0 radical (unpaired) electrons. The van der Waals surface area contributed by atoms with Crippen molar-refractivity contribution in [2.24, 2.45) is 5.92 Å². The summed E-state index contributed by atoms with van der Waals surface area (Å²) in [6.07, 6.45) is 1.14. The first-order valence-corrected chi connectivity index (χ1v) is 7.38. The number of benzene rings is 1. The third-order valence-electron chi connectivity index (χ3n) is 3.97. The summed E-state index contributed by atoms with van der Waals surface area (Å²) >= 11 is 5.87. The van der Waals surface area contributed by atoms with Crippen LogP contribution in [-0.4, -0.2) is 29.4 Å².